The number of nitrogens with one attached hydrogen (secondary N) is 2. The van der Waals surface area contributed by atoms with Gasteiger partial charge < -0.3 is 0 Å². The van der Waals surface area contributed by atoms with E-state index in [1.54, 1.807) is 0 Å². The van der Waals surface area contributed by atoms with Crippen LogP contribution >= 0.6 is 22.7 Å². The van der Waals surface area contributed by atoms with Crippen molar-refractivity contribution in [1.82, 2.24) is 9.97 Å². The van der Waals surface area contributed by atoms with E-state index in [9.17, 15) is 10.5 Å². The molecule has 0 radical (unpaired) electrons. The van der Waals surface area contributed by atoms with Crippen molar-refractivity contribution in [2.75, 3.05) is 10.9 Å². The minimum absolute atomic E-state index is 0.669. The maximum absolute atomic E-state index is 9.23. The molecule has 0 saturated carbocycles. The lowest BCUT2D eigenvalue weighted by molar-refractivity contribution is 1.19. The summed E-state index contributed by atoms with van der Waals surface area (Å²) in [7, 11) is 0. The molecular weight excluding hydrogens is 412 g/mol. The molecule has 4 rings (SSSR count). The van der Waals surface area contributed by atoms with Gasteiger partial charge in [0.05, 0.1) is 23.3 Å². The Labute approximate surface area is 182 Å². The number of aromatic nitrogens is 2. The second-order valence-corrected chi connectivity index (χ2v) is 8.64. The van der Waals surface area contributed by atoms with Crippen LogP contribution in [0.2, 0.25) is 0 Å². The van der Waals surface area contributed by atoms with Crippen molar-refractivity contribution < 1.29 is 0 Å². The molecule has 0 atom stereocenters. The van der Waals surface area contributed by atoms with Crippen molar-refractivity contribution in [2.45, 2.75) is 12.8 Å². The Morgan fingerprint density at radius 2 is 1.13 bits per heavy atom. The molecular formula is C22H16N6S2. The van der Waals surface area contributed by atoms with Crippen LogP contribution in [0.5, 0.6) is 0 Å². The fraction of sp³-hybridized carbons (Fsp3) is 0.0909. The lowest BCUT2D eigenvalue weighted by Crippen LogP contribution is -2.07. The summed E-state index contributed by atoms with van der Waals surface area (Å²) in [6.07, 6.45) is 4.97. The summed E-state index contributed by atoms with van der Waals surface area (Å²) in [5.41, 5.74) is 9.52. The van der Waals surface area contributed by atoms with Crippen molar-refractivity contribution in [1.29, 1.82) is 10.5 Å². The second-order valence-electron chi connectivity index (χ2n) is 6.40. The molecule has 4 aromatic rings. The number of nitrogens with zero attached hydrogens (tertiary/aromatic N) is 4. The maximum atomic E-state index is 9.23. The van der Waals surface area contributed by atoms with Crippen LogP contribution in [-0.2, 0) is 12.8 Å². The third-order valence-corrected chi connectivity index (χ3v) is 6.21. The third kappa shape index (κ3) is 4.64. The van der Waals surface area contributed by atoms with Crippen LogP contribution in [0.1, 0.15) is 32.0 Å². The van der Waals surface area contributed by atoms with Gasteiger partial charge >= 0.3 is 0 Å². The third-order valence-electron chi connectivity index (χ3n) is 4.39. The van der Waals surface area contributed by atoms with Crippen LogP contribution in [0.15, 0.2) is 60.9 Å². The molecule has 0 aliphatic heterocycles. The zero-order valence-electron chi connectivity index (χ0n) is 15.8. The van der Waals surface area contributed by atoms with Gasteiger partial charge in [0.15, 0.2) is 0 Å². The standard InChI is InChI=1S/C22H16N6S2/c23-11-17-7-3-1-5-15(17)9-19-13-25-21(29-19)27-28-22-26-14-20(30-22)10-16-6-2-4-8-18(16)12-24/h1-8,13-14H,9-10H2,(H,25,27)(H,26,28). The molecule has 0 fully saturated rings. The van der Waals surface area contributed by atoms with Gasteiger partial charge in [0.25, 0.3) is 0 Å². The van der Waals surface area contributed by atoms with Gasteiger partial charge in [-0.1, -0.05) is 36.4 Å². The largest absolute Gasteiger partial charge is 0.274 e. The SMILES string of the molecule is N#Cc1ccccc1Cc1cnc(NNc2ncc(Cc3ccccc3C#N)s2)s1. The number of hydrazine groups is 1. The number of thiazole rings is 2. The molecule has 2 aromatic heterocycles. The summed E-state index contributed by atoms with van der Waals surface area (Å²) >= 11 is 3.05. The predicted octanol–water partition coefficient (Wildman–Crippen LogP) is 4.96. The van der Waals surface area contributed by atoms with Crippen LogP contribution in [-0.4, -0.2) is 9.97 Å². The lowest BCUT2D eigenvalue weighted by Gasteiger charge is -2.03. The fourth-order valence-electron chi connectivity index (χ4n) is 2.94. The highest BCUT2D eigenvalue weighted by atomic mass is 32.1. The molecule has 146 valence electrons. The average molecular weight is 429 g/mol. The first-order valence-electron chi connectivity index (χ1n) is 9.12. The van der Waals surface area contributed by atoms with Crippen LogP contribution in [0.4, 0.5) is 10.3 Å². The zero-order chi connectivity index (χ0) is 20.8. The van der Waals surface area contributed by atoms with Gasteiger partial charge in [-0.15, -0.1) is 22.7 Å². The van der Waals surface area contributed by atoms with E-state index in [0.29, 0.717) is 24.0 Å². The molecule has 8 heteroatoms. The highest BCUT2D eigenvalue weighted by Gasteiger charge is 2.09. The molecule has 0 aliphatic carbocycles. The van der Waals surface area contributed by atoms with Gasteiger partial charge in [0.2, 0.25) is 10.3 Å². The van der Waals surface area contributed by atoms with E-state index in [2.05, 4.69) is 33.0 Å². The Hall–Kier alpha value is -3.72. The average Bonchev–Trinajstić information content (AvgIpc) is 3.42. The topological polar surface area (TPSA) is 97.4 Å². The molecule has 2 aromatic carbocycles. The van der Waals surface area contributed by atoms with E-state index in [-0.39, 0.29) is 0 Å². The van der Waals surface area contributed by atoms with Gasteiger partial charge in [-0.3, -0.25) is 10.9 Å². The first-order valence-corrected chi connectivity index (χ1v) is 10.8. The smallest absolute Gasteiger partial charge is 0.201 e. The molecule has 0 unspecified atom stereocenters. The monoisotopic (exact) mass is 428 g/mol. The fourth-order valence-corrected chi connectivity index (χ4v) is 4.52. The molecule has 6 nitrogen and oxygen atoms in total. The Bertz CT molecular complexity index is 1150. The normalized spacial score (nSPS) is 10.2. The summed E-state index contributed by atoms with van der Waals surface area (Å²) in [5.74, 6) is 0. The van der Waals surface area contributed by atoms with Gasteiger partial charge in [-0.05, 0) is 23.3 Å². The van der Waals surface area contributed by atoms with Gasteiger partial charge in [0.1, 0.15) is 0 Å². The molecule has 0 aliphatic rings. The van der Waals surface area contributed by atoms with E-state index >= 15 is 0 Å². The van der Waals surface area contributed by atoms with Crippen molar-refractivity contribution in [3.8, 4) is 12.1 Å². The number of hydrogen-bond acceptors (Lipinski definition) is 8. The molecule has 0 bridgehead atoms. The minimum atomic E-state index is 0.669. The number of nitriles is 2. The maximum Gasteiger partial charge on any atom is 0.201 e. The van der Waals surface area contributed by atoms with E-state index in [4.69, 9.17) is 0 Å². The first kappa shape index (κ1) is 19.6. The molecule has 2 heterocycles. The van der Waals surface area contributed by atoms with E-state index in [1.165, 1.54) is 22.7 Å². The van der Waals surface area contributed by atoms with Crippen LogP contribution in [0.25, 0.3) is 0 Å². The lowest BCUT2D eigenvalue weighted by atomic mass is 10.1. The van der Waals surface area contributed by atoms with Gasteiger partial charge in [-0.25, -0.2) is 9.97 Å². The highest BCUT2D eigenvalue weighted by molar-refractivity contribution is 7.16. The van der Waals surface area contributed by atoms with Crippen molar-refractivity contribution >= 4 is 32.9 Å². The summed E-state index contributed by atoms with van der Waals surface area (Å²) in [5, 5.41) is 19.9. The summed E-state index contributed by atoms with van der Waals surface area (Å²) in [6.45, 7) is 0. The predicted molar refractivity (Wildman–Crippen MR) is 119 cm³/mol. The van der Waals surface area contributed by atoms with Crippen molar-refractivity contribution in [3.05, 3.63) is 92.9 Å². The quantitative estimate of drug-likeness (QED) is 0.404. The van der Waals surface area contributed by atoms with Crippen LogP contribution < -0.4 is 10.9 Å². The zero-order valence-corrected chi connectivity index (χ0v) is 17.4. The molecule has 0 spiro atoms. The number of benzene rings is 2. The minimum Gasteiger partial charge on any atom is -0.274 e. The van der Waals surface area contributed by atoms with Gasteiger partial charge in [-0.2, -0.15) is 10.5 Å². The summed E-state index contributed by atoms with van der Waals surface area (Å²) in [6, 6.07) is 19.6. The number of rotatable bonds is 7. The van der Waals surface area contributed by atoms with E-state index in [0.717, 1.165) is 31.1 Å². The Morgan fingerprint density at radius 1 is 0.700 bits per heavy atom. The van der Waals surface area contributed by atoms with Crippen LogP contribution in [0.3, 0.4) is 0 Å². The Morgan fingerprint density at radius 3 is 1.57 bits per heavy atom. The molecule has 0 amide bonds. The highest BCUT2D eigenvalue weighted by Crippen LogP contribution is 2.25. The van der Waals surface area contributed by atoms with E-state index in [1.807, 2.05) is 60.9 Å². The summed E-state index contributed by atoms with van der Waals surface area (Å²) < 4.78 is 0. The Balaban J connectivity index is 1.36. The first-order chi connectivity index (χ1) is 14.7. The number of hydrogen-bond donors (Lipinski definition) is 2. The molecule has 30 heavy (non-hydrogen) atoms. The summed E-state index contributed by atoms with van der Waals surface area (Å²) in [4.78, 5) is 10.9. The molecule has 2 N–H and O–H groups in total. The second kappa shape index (κ2) is 9.19. The molecule has 0 saturated heterocycles. The van der Waals surface area contributed by atoms with Crippen LogP contribution in [0, 0.1) is 22.7 Å². The van der Waals surface area contributed by atoms with Crippen molar-refractivity contribution in [2.24, 2.45) is 0 Å². The number of anilines is 2. The van der Waals surface area contributed by atoms with Gasteiger partial charge in [0, 0.05) is 35.0 Å². The Kier molecular flexibility index (Phi) is 6.00. The van der Waals surface area contributed by atoms with E-state index < -0.39 is 0 Å². The van der Waals surface area contributed by atoms with Crippen molar-refractivity contribution in [3.63, 3.8) is 0 Å².